The molecule has 1 amide bonds. The molecule has 1 saturated heterocycles. The summed E-state index contributed by atoms with van der Waals surface area (Å²) in [5.74, 6) is -1.13. The number of hydrogen-bond donors (Lipinski definition) is 1. The van der Waals surface area contributed by atoms with Crippen LogP contribution >= 0.6 is 0 Å². The van der Waals surface area contributed by atoms with E-state index in [0.29, 0.717) is 32.0 Å². The Balaban J connectivity index is 1.44. The highest BCUT2D eigenvalue weighted by Crippen LogP contribution is 2.33. The van der Waals surface area contributed by atoms with E-state index in [4.69, 9.17) is 0 Å². The molecule has 34 heavy (non-hydrogen) atoms. The number of aromatic nitrogens is 2. The Kier molecular flexibility index (Phi) is 6.54. The molecule has 9 heteroatoms. The first-order chi connectivity index (χ1) is 16.1. The van der Waals surface area contributed by atoms with E-state index in [2.05, 4.69) is 20.4 Å². The molecule has 0 aliphatic carbocycles. The summed E-state index contributed by atoms with van der Waals surface area (Å²) >= 11 is 0. The van der Waals surface area contributed by atoms with E-state index in [1.165, 1.54) is 0 Å². The quantitative estimate of drug-likeness (QED) is 0.523. The van der Waals surface area contributed by atoms with Gasteiger partial charge in [-0.3, -0.25) is 4.79 Å². The number of alkyl halides is 3. The molecule has 0 bridgehead atoms. The minimum absolute atomic E-state index is 0.298. The van der Waals surface area contributed by atoms with Crippen LogP contribution in [-0.2, 0) is 6.18 Å². The van der Waals surface area contributed by atoms with Crippen molar-refractivity contribution in [1.82, 2.24) is 15.5 Å². The number of nitrogens with one attached hydrogen (secondary N) is 1. The van der Waals surface area contributed by atoms with E-state index in [-0.39, 0.29) is 6.04 Å². The summed E-state index contributed by atoms with van der Waals surface area (Å²) in [6, 6.07) is 11.6. The topological polar surface area (TPSA) is 58.1 Å². The second-order valence-electron chi connectivity index (χ2n) is 8.41. The molecule has 1 N–H and O–H groups in total. The summed E-state index contributed by atoms with van der Waals surface area (Å²) in [5.41, 5.74) is 2.00. The molecular weight excluding hydrogens is 448 g/mol. The molecule has 0 atom stereocenters. The van der Waals surface area contributed by atoms with Gasteiger partial charge in [-0.15, -0.1) is 10.2 Å². The predicted octanol–water partition coefficient (Wildman–Crippen LogP) is 5.32. The molecule has 2 aromatic carbocycles. The zero-order valence-electron chi connectivity index (χ0n) is 18.8. The lowest BCUT2D eigenvalue weighted by Gasteiger charge is -2.34. The van der Waals surface area contributed by atoms with Crippen LogP contribution in [0, 0.1) is 19.7 Å². The minimum Gasteiger partial charge on any atom is -0.355 e. The Bertz CT molecular complexity index is 1190. The number of rotatable bonds is 4. The molecule has 178 valence electrons. The van der Waals surface area contributed by atoms with Crippen molar-refractivity contribution in [2.24, 2.45) is 0 Å². The van der Waals surface area contributed by atoms with Gasteiger partial charge in [0.1, 0.15) is 5.82 Å². The Morgan fingerprint density at radius 1 is 1.00 bits per heavy atom. The lowest BCUT2D eigenvalue weighted by molar-refractivity contribution is -0.138. The van der Waals surface area contributed by atoms with Crippen LogP contribution in [0.4, 0.5) is 23.4 Å². The van der Waals surface area contributed by atoms with Crippen LogP contribution in [0.2, 0.25) is 0 Å². The van der Waals surface area contributed by atoms with Crippen LogP contribution in [0.5, 0.6) is 0 Å². The van der Waals surface area contributed by atoms with Crippen molar-refractivity contribution in [3.63, 3.8) is 0 Å². The fourth-order valence-corrected chi connectivity index (χ4v) is 4.21. The van der Waals surface area contributed by atoms with Gasteiger partial charge in [0, 0.05) is 24.7 Å². The number of halogens is 4. The third kappa shape index (κ3) is 4.88. The van der Waals surface area contributed by atoms with Crippen LogP contribution < -0.4 is 10.2 Å². The third-order valence-corrected chi connectivity index (χ3v) is 6.21. The highest BCUT2D eigenvalue weighted by atomic mass is 19.4. The van der Waals surface area contributed by atoms with Crippen LogP contribution in [0.15, 0.2) is 48.5 Å². The van der Waals surface area contributed by atoms with E-state index < -0.39 is 29.0 Å². The highest BCUT2D eigenvalue weighted by Gasteiger charge is 2.36. The zero-order chi connectivity index (χ0) is 24.5. The first kappa shape index (κ1) is 23.7. The number of benzene rings is 2. The SMILES string of the molecule is Cc1c(-c2ccccc2)nnc(N2CCC(NC(=O)c3ccc(F)cc3C(F)(F)F)CC2)c1C. The average molecular weight is 472 g/mol. The number of carbonyl (C=O) groups is 1. The molecular formula is C25H24F4N4O. The molecule has 1 aliphatic heterocycles. The van der Waals surface area contributed by atoms with Gasteiger partial charge < -0.3 is 10.2 Å². The van der Waals surface area contributed by atoms with Crippen molar-refractivity contribution in [3.8, 4) is 11.3 Å². The second kappa shape index (κ2) is 9.40. The first-order valence-corrected chi connectivity index (χ1v) is 11.0. The smallest absolute Gasteiger partial charge is 0.355 e. The first-order valence-electron chi connectivity index (χ1n) is 11.0. The molecule has 3 aromatic rings. The lowest BCUT2D eigenvalue weighted by Crippen LogP contribution is -2.45. The zero-order valence-corrected chi connectivity index (χ0v) is 18.8. The monoisotopic (exact) mass is 472 g/mol. The van der Waals surface area contributed by atoms with Crippen molar-refractivity contribution < 1.29 is 22.4 Å². The predicted molar refractivity (Wildman–Crippen MR) is 121 cm³/mol. The fraction of sp³-hybridized carbons (Fsp3) is 0.320. The largest absolute Gasteiger partial charge is 0.417 e. The van der Waals surface area contributed by atoms with Gasteiger partial charge in [-0.2, -0.15) is 13.2 Å². The summed E-state index contributed by atoms with van der Waals surface area (Å²) in [7, 11) is 0. The van der Waals surface area contributed by atoms with Gasteiger partial charge in [-0.05, 0) is 56.0 Å². The normalized spacial score (nSPS) is 14.8. The van der Waals surface area contributed by atoms with Crippen LogP contribution in [0.25, 0.3) is 11.3 Å². The van der Waals surface area contributed by atoms with E-state index in [9.17, 15) is 22.4 Å². The van der Waals surface area contributed by atoms with Gasteiger partial charge >= 0.3 is 6.18 Å². The van der Waals surface area contributed by atoms with Crippen LogP contribution in [-0.4, -0.2) is 35.2 Å². The Morgan fingerprint density at radius 3 is 2.32 bits per heavy atom. The Labute approximate surface area is 194 Å². The van der Waals surface area contributed by atoms with E-state index in [1.54, 1.807) is 0 Å². The van der Waals surface area contributed by atoms with Crippen LogP contribution in [0.3, 0.4) is 0 Å². The number of hydrogen-bond acceptors (Lipinski definition) is 4. The molecule has 0 spiro atoms. The average Bonchev–Trinajstić information content (AvgIpc) is 2.81. The summed E-state index contributed by atoms with van der Waals surface area (Å²) < 4.78 is 53.1. The van der Waals surface area contributed by atoms with Gasteiger partial charge in [-0.1, -0.05) is 30.3 Å². The maximum absolute atomic E-state index is 13.3. The van der Waals surface area contributed by atoms with Crippen molar-refractivity contribution in [3.05, 3.63) is 76.6 Å². The molecule has 1 fully saturated rings. The van der Waals surface area contributed by atoms with Gasteiger partial charge in [0.15, 0.2) is 5.82 Å². The standard InChI is InChI=1S/C25H24F4N4O/c1-15-16(2)23(32-31-22(15)17-6-4-3-5-7-17)33-12-10-19(11-13-33)30-24(34)20-9-8-18(26)14-21(20)25(27,28)29/h3-9,14,19H,10-13H2,1-2H3,(H,30,34). The van der Waals surface area contributed by atoms with Gasteiger partial charge in [-0.25, -0.2) is 4.39 Å². The van der Waals surface area contributed by atoms with E-state index >= 15 is 0 Å². The molecule has 5 nitrogen and oxygen atoms in total. The number of nitrogens with zero attached hydrogens (tertiary/aromatic N) is 3. The molecule has 2 heterocycles. The number of amides is 1. The summed E-state index contributed by atoms with van der Waals surface area (Å²) in [4.78, 5) is 14.6. The second-order valence-corrected chi connectivity index (χ2v) is 8.41. The number of carbonyl (C=O) groups excluding carboxylic acids is 1. The van der Waals surface area contributed by atoms with Gasteiger partial charge in [0.05, 0.1) is 16.8 Å². The van der Waals surface area contributed by atoms with Crippen LogP contribution in [0.1, 0.15) is 39.9 Å². The summed E-state index contributed by atoms with van der Waals surface area (Å²) in [6.45, 7) is 5.14. The van der Waals surface area contributed by atoms with Crippen molar-refractivity contribution in [2.45, 2.75) is 38.9 Å². The Hall–Kier alpha value is -3.49. The molecule has 4 rings (SSSR count). The van der Waals surface area contributed by atoms with Crippen molar-refractivity contribution in [1.29, 1.82) is 0 Å². The van der Waals surface area contributed by atoms with Crippen molar-refractivity contribution >= 4 is 11.7 Å². The summed E-state index contributed by atoms with van der Waals surface area (Å²) in [6.07, 6.45) is -3.75. The van der Waals surface area contributed by atoms with E-state index in [1.807, 2.05) is 44.2 Å². The molecule has 0 radical (unpaired) electrons. The Morgan fingerprint density at radius 2 is 1.68 bits per heavy atom. The molecule has 0 unspecified atom stereocenters. The molecule has 0 saturated carbocycles. The number of piperidine rings is 1. The maximum atomic E-state index is 13.3. The van der Waals surface area contributed by atoms with E-state index in [0.717, 1.165) is 40.3 Å². The lowest BCUT2D eigenvalue weighted by atomic mass is 10.0. The van der Waals surface area contributed by atoms with Gasteiger partial charge in [0.2, 0.25) is 0 Å². The fourth-order valence-electron chi connectivity index (χ4n) is 4.21. The maximum Gasteiger partial charge on any atom is 0.417 e. The number of anilines is 1. The third-order valence-electron chi connectivity index (χ3n) is 6.21. The summed E-state index contributed by atoms with van der Waals surface area (Å²) in [5, 5.41) is 11.6. The molecule has 1 aromatic heterocycles. The van der Waals surface area contributed by atoms with Crippen molar-refractivity contribution in [2.75, 3.05) is 18.0 Å². The molecule has 1 aliphatic rings. The highest BCUT2D eigenvalue weighted by molar-refractivity contribution is 5.96. The minimum atomic E-state index is -4.82. The van der Waals surface area contributed by atoms with Gasteiger partial charge in [0.25, 0.3) is 5.91 Å².